The average molecular weight is 270 g/mol. The van der Waals surface area contributed by atoms with E-state index < -0.39 is 0 Å². The summed E-state index contributed by atoms with van der Waals surface area (Å²) >= 11 is 0. The van der Waals surface area contributed by atoms with Gasteiger partial charge in [0.1, 0.15) is 5.76 Å². The van der Waals surface area contributed by atoms with Gasteiger partial charge in [-0.3, -0.25) is 4.79 Å². The Bertz CT molecular complexity index is 543. The highest BCUT2D eigenvalue weighted by molar-refractivity contribution is 5.78. The smallest absolute Gasteiger partial charge is 0.230 e. The second kappa shape index (κ2) is 5.82. The molecule has 0 unspecified atom stereocenters. The fourth-order valence-electron chi connectivity index (χ4n) is 2.53. The normalized spacial score (nSPS) is 15.4. The molecule has 0 radical (unpaired) electrons. The Morgan fingerprint density at radius 2 is 1.75 bits per heavy atom. The molecule has 1 aromatic carbocycles. The van der Waals surface area contributed by atoms with Gasteiger partial charge in [-0.15, -0.1) is 0 Å². The molecule has 0 aliphatic carbocycles. The summed E-state index contributed by atoms with van der Waals surface area (Å²) < 4.78 is 5.23. The van der Waals surface area contributed by atoms with E-state index in [1.54, 1.807) is 6.26 Å². The maximum absolute atomic E-state index is 12.2. The van der Waals surface area contributed by atoms with Crippen molar-refractivity contribution in [3.63, 3.8) is 0 Å². The minimum Gasteiger partial charge on any atom is -0.469 e. The molecular formula is C16H18N2O2. The highest BCUT2D eigenvalue weighted by atomic mass is 16.3. The number of carbonyl (C=O) groups excluding carboxylic acids is 1. The minimum absolute atomic E-state index is 0.146. The Balaban J connectivity index is 1.54. The zero-order chi connectivity index (χ0) is 13.8. The SMILES string of the molecule is O=C(Cc1ccco1)N1CCN(c2ccccc2)CC1. The molecule has 4 heteroatoms. The molecule has 1 saturated heterocycles. The molecule has 104 valence electrons. The van der Waals surface area contributed by atoms with Crippen LogP contribution in [0.4, 0.5) is 5.69 Å². The number of furan rings is 1. The second-order valence-corrected chi connectivity index (χ2v) is 4.96. The summed E-state index contributed by atoms with van der Waals surface area (Å²) in [6.45, 7) is 3.31. The molecule has 1 aliphatic heterocycles. The fraction of sp³-hybridized carbons (Fsp3) is 0.312. The summed E-state index contributed by atoms with van der Waals surface area (Å²) in [6.07, 6.45) is 1.97. The van der Waals surface area contributed by atoms with Crippen LogP contribution in [0, 0.1) is 0 Å². The van der Waals surface area contributed by atoms with E-state index in [4.69, 9.17) is 4.42 Å². The largest absolute Gasteiger partial charge is 0.469 e. The van der Waals surface area contributed by atoms with Gasteiger partial charge in [-0.2, -0.15) is 0 Å². The number of rotatable bonds is 3. The molecule has 4 nitrogen and oxygen atoms in total. The van der Waals surface area contributed by atoms with Gasteiger partial charge in [-0.25, -0.2) is 0 Å². The Labute approximate surface area is 118 Å². The standard InChI is InChI=1S/C16H18N2O2/c19-16(13-15-7-4-12-20-15)18-10-8-17(9-11-18)14-5-2-1-3-6-14/h1-7,12H,8-11,13H2. The Morgan fingerprint density at radius 3 is 2.40 bits per heavy atom. The van der Waals surface area contributed by atoms with Crippen molar-refractivity contribution in [1.29, 1.82) is 0 Å². The number of amides is 1. The van der Waals surface area contributed by atoms with Gasteiger partial charge < -0.3 is 14.2 Å². The number of hydrogen-bond acceptors (Lipinski definition) is 3. The number of benzene rings is 1. The summed E-state index contributed by atoms with van der Waals surface area (Å²) in [5, 5.41) is 0. The lowest BCUT2D eigenvalue weighted by molar-refractivity contribution is -0.131. The monoisotopic (exact) mass is 270 g/mol. The van der Waals surface area contributed by atoms with E-state index >= 15 is 0 Å². The van der Waals surface area contributed by atoms with Crippen molar-refractivity contribution in [1.82, 2.24) is 4.90 Å². The Kier molecular flexibility index (Phi) is 3.72. The first kappa shape index (κ1) is 12.8. The molecule has 0 atom stereocenters. The zero-order valence-corrected chi connectivity index (χ0v) is 11.4. The number of nitrogens with zero attached hydrogens (tertiary/aromatic N) is 2. The highest BCUT2D eigenvalue weighted by Crippen LogP contribution is 2.16. The number of anilines is 1. The van der Waals surface area contributed by atoms with Crippen LogP contribution in [0.25, 0.3) is 0 Å². The predicted molar refractivity (Wildman–Crippen MR) is 77.6 cm³/mol. The molecule has 0 N–H and O–H groups in total. The summed E-state index contributed by atoms with van der Waals surface area (Å²) in [5.74, 6) is 0.883. The summed E-state index contributed by atoms with van der Waals surface area (Å²) in [6, 6.07) is 14.0. The molecule has 0 saturated carbocycles. The molecule has 2 heterocycles. The lowest BCUT2D eigenvalue weighted by Gasteiger charge is -2.36. The first-order valence-electron chi connectivity index (χ1n) is 6.93. The molecular weight excluding hydrogens is 252 g/mol. The lowest BCUT2D eigenvalue weighted by Crippen LogP contribution is -2.49. The second-order valence-electron chi connectivity index (χ2n) is 4.96. The summed E-state index contributed by atoms with van der Waals surface area (Å²) in [4.78, 5) is 16.4. The van der Waals surface area contributed by atoms with Crippen molar-refractivity contribution in [3.8, 4) is 0 Å². The van der Waals surface area contributed by atoms with Gasteiger partial charge in [-0.05, 0) is 24.3 Å². The van der Waals surface area contributed by atoms with Crippen molar-refractivity contribution in [3.05, 3.63) is 54.5 Å². The number of para-hydroxylation sites is 1. The maximum Gasteiger partial charge on any atom is 0.230 e. The molecule has 0 bridgehead atoms. The van der Waals surface area contributed by atoms with Crippen LogP contribution in [0.15, 0.2) is 53.1 Å². The lowest BCUT2D eigenvalue weighted by atomic mass is 10.2. The van der Waals surface area contributed by atoms with Gasteiger partial charge in [0, 0.05) is 31.9 Å². The zero-order valence-electron chi connectivity index (χ0n) is 11.4. The van der Waals surface area contributed by atoms with Crippen LogP contribution in [0.1, 0.15) is 5.76 Å². The average Bonchev–Trinajstić information content (AvgIpc) is 3.01. The maximum atomic E-state index is 12.2. The third-order valence-corrected chi connectivity index (χ3v) is 3.66. The molecule has 0 spiro atoms. The van der Waals surface area contributed by atoms with Crippen LogP contribution < -0.4 is 4.90 Å². The molecule has 1 fully saturated rings. The van der Waals surface area contributed by atoms with Crippen molar-refractivity contribution in [2.45, 2.75) is 6.42 Å². The van der Waals surface area contributed by atoms with Gasteiger partial charge in [0.2, 0.25) is 5.91 Å². The van der Waals surface area contributed by atoms with E-state index in [1.807, 2.05) is 35.2 Å². The van der Waals surface area contributed by atoms with Crippen LogP contribution in [0.5, 0.6) is 0 Å². The number of carbonyl (C=O) groups is 1. The topological polar surface area (TPSA) is 36.7 Å². The van der Waals surface area contributed by atoms with E-state index in [0.717, 1.165) is 31.9 Å². The van der Waals surface area contributed by atoms with Gasteiger partial charge in [-0.1, -0.05) is 18.2 Å². The van der Waals surface area contributed by atoms with Crippen molar-refractivity contribution in [2.24, 2.45) is 0 Å². The summed E-state index contributed by atoms with van der Waals surface area (Å²) in [7, 11) is 0. The van der Waals surface area contributed by atoms with Crippen LogP contribution in [-0.2, 0) is 11.2 Å². The molecule has 3 rings (SSSR count). The van der Waals surface area contributed by atoms with Gasteiger partial charge >= 0.3 is 0 Å². The van der Waals surface area contributed by atoms with E-state index in [-0.39, 0.29) is 5.91 Å². The van der Waals surface area contributed by atoms with Crippen LogP contribution in [0.3, 0.4) is 0 Å². The van der Waals surface area contributed by atoms with E-state index in [2.05, 4.69) is 17.0 Å². The van der Waals surface area contributed by atoms with Crippen molar-refractivity contribution in [2.75, 3.05) is 31.1 Å². The van der Waals surface area contributed by atoms with E-state index in [0.29, 0.717) is 6.42 Å². The fourth-order valence-corrected chi connectivity index (χ4v) is 2.53. The number of hydrogen-bond donors (Lipinski definition) is 0. The first-order chi connectivity index (χ1) is 9.83. The Hall–Kier alpha value is -2.23. The van der Waals surface area contributed by atoms with Crippen LogP contribution in [0.2, 0.25) is 0 Å². The van der Waals surface area contributed by atoms with Crippen molar-refractivity contribution >= 4 is 11.6 Å². The number of piperazine rings is 1. The van der Waals surface area contributed by atoms with Gasteiger partial charge in [0.15, 0.2) is 0 Å². The molecule has 1 aliphatic rings. The third-order valence-electron chi connectivity index (χ3n) is 3.66. The third kappa shape index (κ3) is 2.85. The molecule has 2 aromatic rings. The minimum atomic E-state index is 0.146. The van der Waals surface area contributed by atoms with E-state index in [9.17, 15) is 4.79 Å². The highest BCUT2D eigenvalue weighted by Gasteiger charge is 2.21. The van der Waals surface area contributed by atoms with Gasteiger partial charge in [0.05, 0.1) is 12.7 Å². The molecule has 20 heavy (non-hydrogen) atoms. The quantitative estimate of drug-likeness (QED) is 0.857. The van der Waals surface area contributed by atoms with Crippen LogP contribution >= 0.6 is 0 Å². The van der Waals surface area contributed by atoms with E-state index in [1.165, 1.54) is 5.69 Å². The molecule has 1 aromatic heterocycles. The predicted octanol–water partition coefficient (Wildman–Crippen LogP) is 2.17. The Morgan fingerprint density at radius 1 is 1.00 bits per heavy atom. The van der Waals surface area contributed by atoms with Crippen molar-refractivity contribution < 1.29 is 9.21 Å². The molecule has 1 amide bonds. The van der Waals surface area contributed by atoms with Crippen LogP contribution in [-0.4, -0.2) is 37.0 Å². The summed E-state index contributed by atoms with van der Waals surface area (Å²) in [5.41, 5.74) is 1.23. The van der Waals surface area contributed by atoms with Gasteiger partial charge in [0.25, 0.3) is 0 Å². The first-order valence-corrected chi connectivity index (χ1v) is 6.93.